The van der Waals surface area contributed by atoms with E-state index < -0.39 is 0 Å². The van der Waals surface area contributed by atoms with Crippen LogP contribution in [0, 0.1) is 55.4 Å². The lowest BCUT2D eigenvalue weighted by atomic mass is 9.98. The fraction of sp³-hybridized carbons (Fsp3) is 0.200. The van der Waals surface area contributed by atoms with Crippen molar-refractivity contribution >= 4 is 123 Å². The van der Waals surface area contributed by atoms with E-state index in [1.54, 1.807) is 0 Å². The molecule has 8 heteroatoms. The molecule has 0 aliphatic carbocycles. The monoisotopic (exact) mass is 1800 g/mol. The van der Waals surface area contributed by atoms with Crippen molar-refractivity contribution in [3.05, 3.63) is 440 Å². The number of anilines is 16. The molecule has 16 rings (SSSR count). The van der Waals surface area contributed by atoms with Crippen LogP contribution >= 0.6 is 31.9 Å². The zero-order chi connectivity index (χ0) is 89.4. The van der Waals surface area contributed by atoms with E-state index in [0.29, 0.717) is 0 Å². The summed E-state index contributed by atoms with van der Waals surface area (Å²) < 4.78 is 2.15. The minimum absolute atomic E-state index is 1.08. The van der Waals surface area contributed by atoms with Gasteiger partial charge in [0.1, 0.15) is 0 Å². The number of hydrogen-bond acceptors (Lipinski definition) is 6. The van der Waals surface area contributed by atoms with Crippen molar-refractivity contribution in [1.82, 2.24) is 0 Å². The van der Waals surface area contributed by atoms with Crippen molar-refractivity contribution in [3.8, 4) is 33.4 Å². The Kier molecular flexibility index (Phi) is 31.9. The van der Waals surface area contributed by atoms with E-state index in [-0.39, 0.29) is 0 Å². The molecule has 0 fully saturated rings. The summed E-state index contributed by atoms with van der Waals surface area (Å²) in [6.07, 6.45) is 14.2. The largest absolute Gasteiger partial charge is 0.356 e. The number of rotatable bonds is 31. The van der Waals surface area contributed by atoms with Crippen LogP contribution < -0.4 is 30.2 Å². The van der Waals surface area contributed by atoms with Gasteiger partial charge >= 0.3 is 0 Å². The molecule has 16 aromatic rings. The number of benzene rings is 16. The molecular weight excluding hydrogens is 1690 g/mol. The van der Waals surface area contributed by atoms with Crippen molar-refractivity contribution in [1.29, 1.82) is 0 Å². The van der Waals surface area contributed by atoms with Gasteiger partial charge in [0.05, 0.1) is 22.7 Å². The topological polar surface area (TPSA) is 37.0 Å². The second-order valence-corrected chi connectivity index (χ2v) is 35.8. The van der Waals surface area contributed by atoms with Crippen LogP contribution in [0.1, 0.15) is 146 Å². The lowest BCUT2D eigenvalue weighted by molar-refractivity contribution is 0.794. The van der Waals surface area contributed by atoms with Gasteiger partial charge in [0, 0.05) is 77.2 Å². The van der Waals surface area contributed by atoms with Crippen LogP contribution in [0.2, 0.25) is 0 Å². The fourth-order valence-electron chi connectivity index (χ4n) is 17.7. The van der Waals surface area contributed by atoms with Crippen LogP contribution in [0.5, 0.6) is 0 Å². The molecule has 0 saturated heterocycles. The van der Waals surface area contributed by atoms with Crippen molar-refractivity contribution in [2.75, 3.05) is 30.2 Å². The third-order valence-electron chi connectivity index (χ3n) is 24.0. The number of nitrogens with one attached hydrogen (secondary N) is 2. The molecule has 16 aromatic carbocycles. The molecule has 2 N–H and O–H groups in total. The SMILES string of the molecule is CCCCc1cc(C)c(N(c2ccc(Br)cc2)c2ccc(-c3ccc(N(c4ccc(Br)cc4)c4c(C)cc(CCCC)cc4C)cc3)cc2)c(C)c1.CCCCc1cc(C)c(N(c2ccccc2)c2ccc(-c3ccc(N(c4ccccc4)c4c(C)cc(CCCC)cc4C)cc3)cc2)c(C)c1.c1ccc(Nc2ccc(-c3ccc(Nc4ccccc4)cc3)cc2)cc1. The van der Waals surface area contributed by atoms with Gasteiger partial charge in [0.15, 0.2) is 0 Å². The zero-order valence-corrected chi connectivity index (χ0v) is 79.8. The maximum absolute atomic E-state index is 3.64. The van der Waals surface area contributed by atoms with E-state index in [0.717, 1.165) is 91.5 Å². The summed E-state index contributed by atoms with van der Waals surface area (Å²) in [7, 11) is 0. The molecule has 0 radical (unpaired) electrons. The van der Waals surface area contributed by atoms with Crippen LogP contribution in [-0.2, 0) is 25.7 Å². The quantitative estimate of drug-likeness (QED) is 0.0451. The Bertz CT molecular complexity index is 5740. The summed E-state index contributed by atoms with van der Waals surface area (Å²) in [5, 5.41) is 6.82. The highest BCUT2D eigenvalue weighted by Gasteiger charge is 2.24. The van der Waals surface area contributed by atoms with Gasteiger partial charge < -0.3 is 30.2 Å². The molecule has 128 heavy (non-hydrogen) atoms. The Morgan fingerprint density at radius 2 is 0.359 bits per heavy atom. The number of unbranched alkanes of at least 4 members (excludes halogenated alkanes) is 4. The van der Waals surface area contributed by atoms with Gasteiger partial charge in [-0.2, -0.15) is 0 Å². The zero-order valence-electron chi connectivity index (χ0n) is 76.7. The molecule has 0 aliphatic rings. The second kappa shape index (κ2) is 44.6. The Hall–Kier alpha value is -12.7. The molecule has 0 saturated carbocycles. The molecule has 0 unspecified atom stereocenters. The summed E-state index contributed by atoms with van der Waals surface area (Å²) >= 11 is 7.28. The van der Waals surface area contributed by atoms with E-state index in [2.05, 4.69) is 473 Å². The van der Waals surface area contributed by atoms with E-state index >= 15 is 0 Å². The Balaban J connectivity index is 0.000000164. The Morgan fingerprint density at radius 1 is 0.195 bits per heavy atom. The molecule has 0 amide bonds. The van der Waals surface area contributed by atoms with Gasteiger partial charge in [0.2, 0.25) is 0 Å². The summed E-state index contributed by atoms with van der Waals surface area (Å²) in [4.78, 5) is 9.64. The molecule has 0 heterocycles. The van der Waals surface area contributed by atoms with E-state index in [4.69, 9.17) is 0 Å². The highest BCUT2D eigenvalue weighted by Crippen LogP contribution is 2.47. The van der Waals surface area contributed by atoms with Crippen LogP contribution in [0.15, 0.2) is 373 Å². The first kappa shape index (κ1) is 91.5. The normalized spacial score (nSPS) is 11.0. The van der Waals surface area contributed by atoms with Crippen molar-refractivity contribution in [2.24, 2.45) is 0 Å². The maximum Gasteiger partial charge on any atom is 0.0520 e. The first-order chi connectivity index (χ1) is 62.4. The average Bonchev–Trinajstić information content (AvgIpc) is 0.814. The van der Waals surface area contributed by atoms with Gasteiger partial charge in [0.25, 0.3) is 0 Å². The standard InChI is InChI=1S/C48H50Br2N2.C48H52N2.C24H20N2/c1-7-9-11-37-29-33(3)47(34(4)30-37)51(45-25-17-41(49)18-26-45)43-21-13-39(14-22-43)40-15-23-44(24-16-40)52(46-27-19-42(50)20-28-46)48-35(5)31-38(12-10-8-2)32-36(48)6;1-7-9-17-39-31-35(3)47(36(4)32-39)49(43-19-13-11-14-20-43)45-27-23-41(24-28-45)42-25-29-46(30-26-42)50(44-21-15-12-16-22-44)48-37(5)33-40(18-10-8-2)34-38(48)6;1-3-7-21(8-4-1)25-23-15-11-19(12-16-23)20-13-17-24(18-14-20)26-22-9-5-2-6-10-22/h13-32H,7-12H2,1-6H3;11-16,19-34H,7-10,17-18H2,1-6H3;1-18,25-26H. The van der Waals surface area contributed by atoms with Crippen molar-refractivity contribution in [2.45, 2.75) is 160 Å². The first-order valence-corrected chi connectivity index (χ1v) is 47.5. The van der Waals surface area contributed by atoms with Gasteiger partial charge in [-0.1, -0.05) is 279 Å². The highest BCUT2D eigenvalue weighted by molar-refractivity contribution is 9.10. The average molecular weight is 1810 g/mol. The molecule has 0 atom stereocenters. The Morgan fingerprint density at radius 3 is 0.555 bits per heavy atom. The van der Waals surface area contributed by atoms with Crippen molar-refractivity contribution < 1.29 is 0 Å². The number of hydrogen-bond donors (Lipinski definition) is 2. The number of para-hydroxylation sites is 4. The molecule has 0 aromatic heterocycles. The molecule has 0 bridgehead atoms. The van der Waals surface area contributed by atoms with E-state index in [9.17, 15) is 0 Å². The third-order valence-corrected chi connectivity index (χ3v) is 25.0. The van der Waals surface area contributed by atoms with Crippen LogP contribution in [0.3, 0.4) is 0 Å². The third kappa shape index (κ3) is 23.4. The highest BCUT2D eigenvalue weighted by atomic mass is 79.9. The number of aryl methyl sites for hydroxylation is 12. The molecule has 646 valence electrons. The molecule has 0 aliphatic heterocycles. The van der Waals surface area contributed by atoms with E-state index in [1.807, 2.05) is 36.4 Å². The molecule has 6 nitrogen and oxygen atoms in total. The lowest BCUT2D eigenvalue weighted by Gasteiger charge is -2.30. The van der Waals surface area contributed by atoms with Gasteiger partial charge in [-0.3, -0.25) is 0 Å². The minimum atomic E-state index is 1.08. The molecule has 0 spiro atoms. The predicted octanol–water partition coefficient (Wildman–Crippen LogP) is 36.8. The van der Waals surface area contributed by atoms with E-state index in [1.165, 1.54) is 186 Å². The predicted molar refractivity (Wildman–Crippen MR) is 562 cm³/mol. The van der Waals surface area contributed by atoms with Crippen molar-refractivity contribution in [3.63, 3.8) is 0 Å². The fourth-order valence-corrected chi connectivity index (χ4v) is 18.3. The first-order valence-electron chi connectivity index (χ1n) is 45.9. The van der Waals surface area contributed by atoms with Crippen LogP contribution in [-0.4, -0.2) is 0 Å². The lowest BCUT2D eigenvalue weighted by Crippen LogP contribution is -2.13. The summed E-state index contributed by atoms with van der Waals surface area (Å²) in [5.41, 5.74) is 41.9. The smallest absolute Gasteiger partial charge is 0.0520 e. The van der Waals surface area contributed by atoms with Gasteiger partial charge in [-0.25, -0.2) is 0 Å². The van der Waals surface area contributed by atoms with Gasteiger partial charge in [-0.15, -0.1) is 0 Å². The summed E-state index contributed by atoms with van der Waals surface area (Å²) in [5.74, 6) is 0. The molecular formula is C120H122Br2N6. The second-order valence-electron chi connectivity index (χ2n) is 34.0. The van der Waals surface area contributed by atoms with Crippen LogP contribution in [0.4, 0.5) is 91.0 Å². The Labute approximate surface area is 780 Å². The number of halogens is 2. The minimum Gasteiger partial charge on any atom is -0.356 e. The van der Waals surface area contributed by atoms with Gasteiger partial charge in [-0.05, 0) is 377 Å². The maximum atomic E-state index is 3.64. The number of nitrogens with zero attached hydrogens (tertiary/aromatic N) is 4. The van der Waals surface area contributed by atoms with Crippen LogP contribution in [0.25, 0.3) is 33.4 Å². The summed E-state index contributed by atoms with van der Waals surface area (Å²) in [6.45, 7) is 27.1. The summed E-state index contributed by atoms with van der Waals surface area (Å²) in [6, 6.07) is 131.